The second-order valence-electron chi connectivity index (χ2n) is 8.22. The van der Waals surface area contributed by atoms with E-state index in [0.717, 1.165) is 18.6 Å². The van der Waals surface area contributed by atoms with Crippen LogP contribution in [0.2, 0.25) is 10.0 Å². The summed E-state index contributed by atoms with van der Waals surface area (Å²) in [6, 6.07) is 12.7. The summed E-state index contributed by atoms with van der Waals surface area (Å²) in [5, 5.41) is 3.64. The third kappa shape index (κ3) is 7.60. The summed E-state index contributed by atoms with van der Waals surface area (Å²) in [4.78, 5) is 12.6. The fraction of sp³-hybridized carbons (Fsp3) is 0.458. The van der Waals surface area contributed by atoms with Crippen LogP contribution in [0.4, 0.5) is 0 Å². The highest BCUT2D eigenvalue weighted by Gasteiger charge is 2.32. The van der Waals surface area contributed by atoms with E-state index in [9.17, 15) is 13.2 Å². The number of carbonyl (C=O) groups is 1. The van der Waals surface area contributed by atoms with Gasteiger partial charge in [0.15, 0.2) is 0 Å². The van der Waals surface area contributed by atoms with Crippen molar-refractivity contribution in [2.45, 2.75) is 38.4 Å². The molecule has 9 heteroatoms. The Morgan fingerprint density at radius 1 is 1.18 bits per heavy atom. The Balaban J connectivity index is 1.47. The summed E-state index contributed by atoms with van der Waals surface area (Å²) < 4.78 is 32.9. The van der Waals surface area contributed by atoms with Gasteiger partial charge in [0.1, 0.15) is 12.4 Å². The molecule has 0 bridgehead atoms. The Hall–Kier alpha value is -1.80. The normalized spacial score (nSPS) is 17.0. The van der Waals surface area contributed by atoms with Gasteiger partial charge in [0.2, 0.25) is 15.9 Å². The van der Waals surface area contributed by atoms with Gasteiger partial charge in [0.25, 0.3) is 0 Å². The van der Waals surface area contributed by atoms with Gasteiger partial charge in [0.05, 0.1) is 18.2 Å². The second-order valence-corrected chi connectivity index (χ2v) is 11.0. The monoisotopic (exact) mass is 512 g/mol. The van der Waals surface area contributed by atoms with Gasteiger partial charge in [-0.2, -0.15) is 0 Å². The van der Waals surface area contributed by atoms with Crippen LogP contribution in [0.15, 0.2) is 42.5 Å². The van der Waals surface area contributed by atoms with Gasteiger partial charge in [-0.15, -0.1) is 0 Å². The lowest BCUT2D eigenvalue weighted by molar-refractivity contribution is -0.126. The lowest BCUT2D eigenvalue weighted by Gasteiger charge is -2.31. The predicted octanol–water partition coefficient (Wildman–Crippen LogP) is 4.68. The van der Waals surface area contributed by atoms with E-state index in [1.54, 1.807) is 12.1 Å². The minimum atomic E-state index is -3.61. The maximum atomic E-state index is 12.9. The molecule has 0 spiro atoms. The molecule has 1 heterocycles. The number of nitrogens with one attached hydrogen (secondary N) is 1. The van der Waals surface area contributed by atoms with Crippen molar-refractivity contribution in [1.82, 2.24) is 9.62 Å². The molecule has 1 fully saturated rings. The summed E-state index contributed by atoms with van der Waals surface area (Å²) in [6.07, 6.45) is 3.42. The Kier molecular flexibility index (Phi) is 9.44. The van der Waals surface area contributed by atoms with Gasteiger partial charge in [-0.25, -0.2) is 12.7 Å². The number of halogens is 2. The van der Waals surface area contributed by atoms with E-state index in [-0.39, 0.29) is 24.1 Å². The highest BCUT2D eigenvalue weighted by atomic mass is 35.5. The predicted molar refractivity (Wildman–Crippen MR) is 132 cm³/mol. The van der Waals surface area contributed by atoms with Gasteiger partial charge >= 0.3 is 0 Å². The molecule has 1 amide bonds. The summed E-state index contributed by atoms with van der Waals surface area (Å²) >= 11 is 12.0. The number of rotatable bonds is 10. The molecule has 1 N–H and O–H groups in total. The van der Waals surface area contributed by atoms with Crippen molar-refractivity contribution in [1.29, 1.82) is 0 Å². The molecule has 0 radical (unpaired) electrons. The van der Waals surface area contributed by atoms with Gasteiger partial charge in [-0.3, -0.25) is 4.79 Å². The molecular weight excluding hydrogens is 483 g/mol. The highest BCUT2D eigenvalue weighted by Crippen LogP contribution is 2.26. The van der Waals surface area contributed by atoms with E-state index in [1.165, 1.54) is 15.9 Å². The maximum Gasteiger partial charge on any atom is 0.224 e. The van der Waals surface area contributed by atoms with E-state index >= 15 is 0 Å². The van der Waals surface area contributed by atoms with Crippen LogP contribution >= 0.6 is 23.2 Å². The minimum Gasteiger partial charge on any atom is -0.492 e. The molecule has 3 rings (SSSR count). The Labute approximate surface area is 206 Å². The van der Waals surface area contributed by atoms with Crippen LogP contribution in [0, 0.1) is 5.92 Å². The fourth-order valence-corrected chi connectivity index (χ4v) is 6.06. The zero-order chi connectivity index (χ0) is 23.8. The van der Waals surface area contributed by atoms with Crippen molar-refractivity contribution >= 4 is 39.1 Å². The standard InChI is InChI=1S/C24H30Cl2N2O4S/c1-2-4-18-6-10-22(11-7-18)32-14-12-27-24(29)19-5-3-13-28(16-19)33(30,31)17-20-8-9-21(25)15-23(20)26/h6-11,15,19H,2-5,12-14,16-17H2,1H3,(H,27,29). The quantitative estimate of drug-likeness (QED) is 0.468. The van der Waals surface area contributed by atoms with Crippen molar-refractivity contribution in [3.05, 3.63) is 63.6 Å². The van der Waals surface area contributed by atoms with Crippen molar-refractivity contribution in [3.63, 3.8) is 0 Å². The third-order valence-corrected chi connectivity index (χ3v) is 8.01. The molecule has 1 aliphatic rings. The molecule has 33 heavy (non-hydrogen) atoms. The summed E-state index contributed by atoms with van der Waals surface area (Å²) in [5.74, 6) is 0.00569. The molecule has 1 aliphatic heterocycles. The first kappa shape index (κ1) is 25.8. The molecule has 1 atom stereocenters. The molecule has 1 unspecified atom stereocenters. The van der Waals surface area contributed by atoms with Crippen molar-refractivity contribution < 1.29 is 17.9 Å². The number of sulfonamides is 1. The Morgan fingerprint density at radius 2 is 1.94 bits per heavy atom. The average Bonchev–Trinajstić information content (AvgIpc) is 2.80. The number of hydrogen-bond acceptors (Lipinski definition) is 4. The van der Waals surface area contributed by atoms with Crippen LogP contribution in [-0.2, 0) is 27.0 Å². The van der Waals surface area contributed by atoms with Crippen LogP contribution < -0.4 is 10.1 Å². The molecular formula is C24H30Cl2N2O4S. The van der Waals surface area contributed by atoms with Gasteiger partial charge < -0.3 is 10.1 Å². The molecule has 2 aromatic rings. The number of ether oxygens (including phenoxy) is 1. The first-order valence-electron chi connectivity index (χ1n) is 11.2. The SMILES string of the molecule is CCCc1ccc(OCCNC(=O)C2CCCN(S(=O)(=O)Cc3ccc(Cl)cc3Cl)C2)cc1. The van der Waals surface area contributed by atoms with E-state index < -0.39 is 10.0 Å². The molecule has 0 saturated carbocycles. The van der Waals surface area contributed by atoms with E-state index in [1.807, 2.05) is 24.3 Å². The average molecular weight is 513 g/mol. The fourth-order valence-electron chi connectivity index (χ4n) is 3.86. The molecule has 0 aromatic heterocycles. The van der Waals surface area contributed by atoms with Crippen molar-refractivity contribution in [3.8, 4) is 5.75 Å². The molecule has 180 valence electrons. The minimum absolute atomic E-state index is 0.152. The largest absolute Gasteiger partial charge is 0.492 e. The molecule has 1 saturated heterocycles. The smallest absolute Gasteiger partial charge is 0.224 e. The second kappa shape index (κ2) is 12.1. The molecule has 2 aromatic carbocycles. The van der Waals surface area contributed by atoms with E-state index in [4.69, 9.17) is 27.9 Å². The van der Waals surface area contributed by atoms with Crippen molar-refractivity contribution in [2.75, 3.05) is 26.2 Å². The Morgan fingerprint density at radius 3 is 2.64 bits per heavy atom. The number of carbonyl (C=O) groups excluding carboxylic acids is 1. The van der Waals surface area contributed by atoms with Gasteiger partial charge in [0, 0.05) is 23.1 Å². The Bertz CT molecular complexity index is 1040. The van der Waals surface area contributed by atoms with Gasteiger partial charge in [-0.05, 0) is 54.7 Å². The summed E-state index contributed by atoms with van der Waals surface area (Å²) in [7, 11) is -3.61. The van der Waals surface area contributed by atoms with E-state index in [0.29, 0.717) is 48.1 Å². The lowest BCUT2D eigenvalue weighted by Crippen LogP contribution is -2.46. The summed E-state index contributed by atoms with van der Waals surface area (Å²) in [5.41, 5.74) is 1.76. The van der Waals surface area contributed by atoms with Crippen molar-refractivity contribution in [2.24, 2.45) is 5.92 Å². The molecule has 0 aliphatic carbocycles. The maximum absolute atomic E-state index is 12.9. The summed E-state index contributed by atoms with van der Waals surface area (Å²) in [6.45, 7) is 3.42. The van der Waals surface area contributed by atoms with Crippen LogP contribution in [0.25, 0.3) is 0 Å². The number of aryl methyl sites for hydroxylation is 1. The number of benzene rings is 2. The number of amides is 1. The van der Waals surface area contributed by atoms with Crippen LogP contribution in [-0.4, -0.2) is 44.9 Å². The van der Waals surface area contributed by atoms with Gasteiger partial charge in [-0.1, -0.05) is 54.7 Å². The number of hydrogen-bond donors (Lipinski definition) is 1. The zero-order valence-electron chi connectivity index (χ0n) is 18.7. The van der Waals surface area contributed by atoms with Crippen LogP contribution in [0.5, 0.6) is 5.75 Å². The number of nitrogens with zero attached hydrogens (tertiary/aromatic N) is 1. The van der Waals surface area contributed by atoms with Crippen LogP contribution in [0.3, 0.4) is 0 Å². The number of piperidine rings is 1. The molecule has 6 nitrogen and oxygen atoms in total. The first-order chi connectivity index (χ1) is 15.8. The zero-order valence-corrected chi connectivity index (χ0v) is 21.1. The highest BCUT2D eigenvalue weighted by molar-refractivity contribution is 7.88. The lowest BCUT2D eigenvalue weighted by atomic mass is 9.99. The topological polar surface area (TPSA) is 75.7 Å². The first-order valence-corrected chi connectivity index (χ1v) is 13.6. The van der Waals surface area contributed by atoms with E-state index in [2.05, 4.69) is 12.2 Å². The van der Waals surface area contributed by atoms with Crippen LogP contribution in [0.1, 0.15) is 37.3 Å². The third-order valence-electron chi connectivity index (χ3n) is 5.63.